The Labute approximate surface area is 128 Å². The quantitative estimate of drug-likeness (QED) is 0.504. The molecule has 113 valence electrons. The average Bonchev–Trinajstić information content (AvgIpc) is 2.45. The van der Waals surface area contributed by atoms with Gasteiger partial charge in [-0.05, 0) is 0 Å². The van der Waals surface area contributed by atoms with Crippen LogP contribution in [0, 0.1) is 0 Å². The van der Waals surface area contributed by atoms with Gasteiger partial charge < -0.3 is 16.0 Å². The predicted octanol–water partition coefficient (Wildman–Crippen LogP) is 4.55. The van der Waals surface area contributed by atoms with Gasteiger partial charge in [0, 0.05) is 0 Å². The van der Waals surface area contributed by atoms with Gasteiger partial charge in [0.05, 0.1) is 0 Å². The van der Waals surface area contributed by atoms with Crippen molar-refractivity contribution in [2.24, 2.45) is 3.34 Å². The number of rotatable bonds is 6. The van der Waals surface area contributed by atoms with Gasteiger partial charge in [-0.1, -0.05) is 20.8 Å². The van der Waals surface area contributed by atoms with Crippen LogP contribution in [-0.4, -0.2) is 47.3 Å². The molecule has 0 aromatic carbocycles. The average molecular weight is 338 g/mol. The predicted molar refractivity (Wildman–Crippen MR) is 81.7 cm³/mol. The summed E-state index contributed by atoms with van der Waals surface area (Å²) in [4.78, 5) is 0. The standard InChI is InChI=1S/C4H9N.3C3H8N.Nb/c1-2-3-4-5;3*1-3-4-2;/h2-4H2,1H3;3*3H2,1-2H3;/q;3*-1;. The molecular weight excluding hydrogens is 305 g/mol. The minimum absolute atomic E-state index is 0.944. The number of hydrogen-bond acceptors (Lipinski definition) is 1. The molecule has 0 N–H and O–H groups in total. The molecule has 4 nitrogen and oxygen atoms in total. The van der Waals surface area contributed by atoms with E-state index >= 15 is 0 Å². The Balaban J connectivity index is -0.0000000742. The third-order valence-electron chi connectivity index (χ3n) is 1.56. The minimum Gasteiger partial charge on any atom is -0.665 e. The van der Waals surface area contributed by atoms with E-state index in [9.17, 15) is 0 Å². The maximum atomic E-state index is 3.98. The molecule has 0 radical (unpaired) electrons. The summed E-state index contributed by atoms with van der Waals surface area (Å²) in [6.07, 6.45) is 2.53. The number of unbranched alkanes of at least 4 members (excludes halogenated alkanes) is 1. The van der Waals surface area contributed by atoms with Crippen molar-refractivity contribution < 1.29 is 20.9 Å². The van der Waals surface area contributed by atoms with E-state index in [1.54, 1.807) is 42.0 Å². The summed E-state index contributed by atoms with van der Waals surface area (Å²) in [6.45, 7) is 12.1. The minimum atomic E-state index is 0.944. The van der Waals surface area contributed by atoms with Crippen LogP contribution in [0.5, 0.6) is 0 Å². The first kappa shape index (κ1) is 26.9. The summed E-state index contributed by atoms with van der Waals surface area (Å²) in [6, 6.07) is 0. The largest absolute Gasteiger partial charge is 0.665 e. The maximum Gasteiger partial charge on any atom is -0.0844 e. The van der Waals surface area contributed by atoms with Crippen molar-refractivity contribution in [3.05, 3.63) is 16.0 Å². The molecule has 0 aliphatic heterocycles. The molecule has 0 spiro atoms. The molecule has 0 fully saturated rings. The topological polar surface area (TPSA) is 54.7 Å². The Hall–Kier alpha value is 0.420. The summed E-state index contributed by atoms with van der Waals surface area (Å²) >= 11 is 1.56. The van der Waals surface area contributed by atoms with E-state index in [4.69, 9.17) is 0 Å². The summed E-state index contributed by atoms with van der Waals surface area (Å²) in [5, 5.41) is 11.2. The molecule has 0 aliphatic rings. The monoisotopic (exact) mass is 338 g/mol. The van der Waals surface area contributed by atoms with E-state index in [-0.39, 0.29) is 0 Å². The molecular formula is C13H33N4Nb-3. The summed E-state index contributed by atoms with van der Waals surface area (Å²) in [5.41, 5.74) is 0. The van der Waals surface area contributed by atoms with Gasteiger partial charge in [-0.25, -0.2) is 0 Å². The van der Waals surface area contributed by atoms with Gasteiger partial charge in [0.15, 0.2) is 0 Å². The van der Waals surface area contributed by atoms with E-state index in [0.29, 0.717) is 0 Å². The Morgan fingerprint density at radius 3 is 1.11 bits per heavy atom. The van der Waals surface area contributed by atoms with E-state index in [1.165, 1.54) is 12.8 Å². The first-order valence-electron chi connectivity index (χ1n) is 6.63. The van der Waals surface area contributed by atoms with Crippen molar-refractivity contribution in [3.8, 4) is 0 Å². The molecule has 5 heteroatoms. The fourth-order valence-corrected chi connectivity index (χ4v) is 0.576. The summed E-state index contributed by atoms with van der Waals surface area (Å²) in [5.74, 6) is 0. The molecule has 0 heterocycles. The molecule has 0 amide bonds. The number of nitrogens with zero attached hydrogens (tertiary/aromatic N) is 4. The van der Waals surface area contributed by atoms with Crippen LogP contribution >= 0.6 is 0 Å². The second-order valence-electron chi connectivity index (χ2n) is 3.12. The van der Waals surface area contributed by atoms with Gasteiger partial charge in [0.25, 0.3) is 0 Å². The SMILES string of the molecule is CCCC[N]=[Nb].CC[N-]C.CC[N-]C.CC[N-]C. The Kier molecular flexibility index (Phi) is 64.6. The molecule has 0 rings (SSSR count). The van der Waals surface area contributed by atoms with Crippen molar-refractivity contribution in [1.29, 1.82) is 0 Å². The summed E-state index contributed by atoms with van der Waals surface area (Å²) in [7, 11) is 5.42. The van der Waals surface area contributed by atoms with E-state index in [1.807, 2.05) is 20.8 Å². The second-order valence-corrected chi connectivity index (χ2v) is 3.81. The van der Waals surface area contributed by atoms with E-state index in [2.05, 4.69) is 26.2 Å². The van der Waals surface area contributed by atoms with Crippen LogP contribution in [0.4, 0.5) is 0 Å². The van der Waals surface area contributed by atoms with Crippen molar-refractivity contribution >= 4 is 0 Å². The van der Waals surface area contributed by atoms with Crippen molar-refractivity contribution in [2.75, 3.05) is 47.3 Å². The molecule has 0 saturated carbocycles. The fourth-order valence-electron chi connectivity index (χ4n) is 0.229. The van der Waals surface area contributed by atoms with E-state index < -0.39 is 0 Å². The normalized spacial score (nSPS) is 7.67. The van der Waals surface area contributed by atoms with Gasteiger partial charge in [-0.15, -0.1) is 0 Å². The Morgan fingerprint density at radius 1 is 0.778 bits per heavy atom. The smallest absolute Gasteiger partial charge is 0.0844 e. The van der Waals surface area contributed by atoms with Gasteiger partial charge in [-0.2, -0.15) is 40.8 Å². The first-order chi connectivity index (χ1) is 8.66. The zero-order chi connectivity index (χ0) is 15.1. The molecule has 0 aromatic heterocycles. The Bertz CT molecular complexity index is 87.5. The van der Waals surface area contributed by atoms with Crippen LogP contribution in [0.15, 0.2) is 3.34 Å². The van der Waals surface area contributed by atoms with Crippen LogP contribution in [0.25, 0.3) is 16.0 Å². The summed E-state index contributed by atoms with van der Waals surface area (Å²) < 4.78 is 3.98. The molecule has 18 heavy (non-hydrogen) atoms. The van der Waals surface area contributed by atoms with Crippen LogP contribution in [0.2, 0.25) is 0 Å². The van der Waals surface area contributed by atoms with Crippen molar-refractivity contribution in [2.45, 2.75) is 40.5 Å². The molecule has 0 aliphatic carbocycles. The number of hydrogen-bond donors (Lipinski definition) is 0. The third kappa shape index (κ3) is 94.7. The first-order valence-corrected chi connectivity index (χ1v) is 7.62. The van der Waals surface area contributed by atoms with Crippen molar-refractivity contribution in [3.63, 3.8) is 0 Å². The van der Waals surface area contributed by atoms with E-state index in [0.717, 1.165) is 26.2 Å². The van der Waals surface area contributed by atoms with Crippen LogP contribution in [0.1, 0.15) is 40.5 Å². The van der Waals surface area contributed by atoms with Gasteiger partial charge in [0.1, 0.15) is 0 Å². The Morgan fingerprint density at radius 2 is 1.06 bits per heavy atom. The van der Waals surface area contributed by atoms with Crippen LogP contribution in [0.3, 0.4) is 0 Å². The fraction of sp³-hybridized carbons (Fsp3) is 1.00. The zero-order valence-electron chi connectivity index (χ0n) is 13.5. The molecule has 0 saturated heterocycles. The van der Waals surface area contributed by atoms with Crippen LogP contribution < -0.4 is 0 Å². The van der Waals surface area contributed by atoms with Crippen LogP contribution in [-0.2, 0) is 20.9 Å². The molecule has 0 bridgehead atoms. The van der Waals surface area contributed by atoms with Crippen molar-refractivity contribution in [1.82, 2.24) is 0 Å². The van der Waals surface area contributed by atoms with Gasteiger partial charge in [-0.3, -0.25) is 0 Å². The zero-order valence-corrected chi connectivity index (χ0v) is 15.7. The maximum absolute atomic E-state index is 3.98. The second kappa shape index (κ2) is 43.3. The third-order valence-corrected chi connectivity index (χ3v) is 2.05. The molecule has 0 unspecified atom stereocenters. The van der Waals surface area contributed by atoms with Gasteiger partial charge >= 0.3 is 50.5 Å². The van der Waals surface area contributed by atoms with Gasteiger partial charge in [0.2, 0.25) is 0 Å². The molecule has 0 atom stereocenters. The molecule has 0 aromatic rings.